The molecule has 0 radical (unpaired) electrons. The van der Waals surface area contributed by atoms with Crippen LogP contribution in [0.15, 0.2) is 37.2 Å². The lowest BCUT2D eigenvalue weighted by molar-refractivity contribution is -0.128. The quantitative estimate of drug-likeness (QED) is 0.773. The minimum absolute atomic E-state index is 0.00288. The van der Waals surface area contributed by atoms with Crippen molar-refractivity contribution in [3.05, 3.63) is 42.7 Å². The summed E-state index contributed by atoms with van der Waals surface area (Å²) in [4.78, 5) is 32.1. The van der Waals surface area contributed by atoms with Gasteiger partial charge in [0, 0.05) is 37.5 Å². The standard InChI is InChI=1S/C15H17N3O2/c1-2-8-17-12-5-9-18(13(12)10-14(17)19)15(20)11-3-6-16-7-4-11/h2-4,6-7,12-13H,1,5,8-10H2/t12-,13-/m1/s1. The van der Waals surface area contributed by atoms with Gasteiger partial charge in [0.15, 0.2) is 0 Å². The van der Waals surface area contributed by atoms with Crippen LogP contribution in [0.1, 0.15) is 23.2 Å². The molecule has 2 amide bonds. The first-order valence-electron chi connectivity index (χ1n) is 6.83. The summed E-state index contributed by atoms with van der Waals surface area (Å²) in [6.45, 7) is 4.97. The lowest BCUT2D eigenvalue weighted by atomic mass is 10.1. The van der Waals surface area contributed by atoms with Crippen molar-refractivity contribution in [2.75, 3.05) is 13.1 Å². The number of carbonyl (C=O) groups excluding carboxylic acids is 2. The van der Waals surface area contributed by atoms with E-state index in [-0.39, 0.29) is 23.9 Å². The minimum Gasteiger partial charge on any atom is -0.334 e. The van der Waals surface area contributed by atoms with Gasteiger partial charge in [0.2, 0.25) is 5.91 Å². The lowest BCUT2D eigenvalue weighted by Crippen LogP contribution is -2.39. The van der Waals surface area contributed by atoms with E-state index in [4.69, 9.17) is 0 Å². The molecule has 5 nitrogen and oxygen atoms in total. The van der Waals surface area contributed by atoms with E-state index in [1.807, 2.05) is 9.80 Å². The van der Waals surface area contributed by atoms with E-state index in [1.54, 1.807) is 30.6 Å². The molecule has 1 aromatic heterocycles. The predicted molar refractivity (Wildman–Crippen MR) is 74.0 cm³/mol. The van der Waals surface area contributed by atoms with E-state index in [0.29, 0.717) is 25.1 Å². The van der Waals surface area contributed by atoms with E-state index in [0.717, 1.165) is 6.42 Å². The number of nitrogens with zero attached hydrogens (tertiary/aromatic N) is 3. The van der Waals surface area contributed by atoms with Crippen molar-refractivity contribution in [1.82, 2.24) is 14.8 Å². The van der Waals surface area contributed by atoms with Gasteiger partial charge in [-0.25, -0.2) is 0 Å². The minimum atomic E-state index is -0.00634. The second-order valence-electron chi connectivity index (χ2n) is 5.20. The monoisotopic (exact) mass is 271 g/mol. The summed E-state index contributed by atoms with van der Waals surface area (Å²) in [5, 5.41) is 0. The van der Waals surface area contributed by atoms with Crippen LogP contribution >= 0.6 is 0 Å². The van der Waals surface area contributed by atoms with Crippen LogP contribution in [0.5, 0.6) is 0 Å². The Hall–Kier alpha value is -2.17. The molecular formula is C15H17N3O2. The van der Waals surface area contributed by atoms with Gasteiger partial charge in [-0.2, -0.15) is 0 Å². The fourth-order valence-electron chi connectivity index (χ4n) is 3.22. The first-order chi connectivity index (χ1) is 9.72. The number of hydrogen-bond acceptors (Lipinski definition) is 3. The normalized spacial score (nSPS) is 24.9. The van der Waals surface area contributed by atoms with E-state index in [2.05, 4.69) is 11.6 Å². The largest absolute Gasteiger partial charge is 0.334 e. The number of carbonyl (C=O) groups is 2. The number of likely N-dealkylation sites (tertiary alicyclic amines) is 2. The van der Waals surface area contributed by atoms with Crippen LogP contribution < -0.4 is 0 Å². The molecule has 2 atom stereocenters. The van der Waals surface area contributed by atoms with Crippen molar-refractivity contribution in [3.8, 4) is 0 Å². The maximum absolute atomic E-state index is 12.5. The second-order valence-corrected chi connectivity index (χ2v) is 5.20. The van der Waals surface area contributed by atoms with Gasteiger partial charge >= 0.3 is 0 Å². The van der Waals surface area contributed by atoms with Crippen molar-refractivity contribution in [2.24, 2.45) is 0 Å². The Morgan fingerprint density at radius 3 is 2.85 bits per heavy atom. The maximum Gasteiger partial charge on any atom is 0.254 e. The molecular weight excluding hydrogens is 254 g/mol. The fourth-order valence-corrected chi connectivity index (χ4v) is 3.22. The van der Waals surface area contributed by atoms with Gasteiger partial charge in [-0.3, -0.25) is 14.6 Å². The number of pyridine rings is 1. The van der Waals surface area contributed by atoms with Crippen LogP contribution in [0.3, 0.4) is 0 Å². The van der Waals surface area contributed by atoms with Gasteiger partial charge in [0.05, 0.1) is 12.1 Å². The smallest absolute Gasteiger partial charge is 0.254 e. The topological polar surface area (TPSA) is 53.5 Å². The molecule has 2 saturated heterocycles. The average molecular weight is 271 g/mol. The summed E-state index contributed by atoms with van der Waals surface area (Å²) in [6, 6.07) is 3.58. The summed E-state index contributed by atoms with van der Waals surface area (Å²) in [7, 11) is 0. The molecule has 2 aliphatic rings. The summed E-state index contributed by atoms with van der Waals surface area (Å²) >= 11 is 0. The highest BCUT2D eigenvalue weighted by atomic mass is 16.2. The summed E-state index contributed by atoms with van der Waals surface area (Å²) in [6.07, 6.45) is 6.25. The van der Waals surface area contributed by atoms with Crippen LogP contribution in [0.25, 0.3) is 0 Å². The zero-order valence-corrected chi connectivity index (χ0v) is 11.2. The third-order valence-corrected chi connectivity index (χ3v) is 4.13. The van der Waals surface area contributed by atoms with Gasteiger partial charge in [0.1, 0.15) is 0 Å². The van der Waals surface area contributed by atoms with Gasteiger partial charge < -0.3 is 9.80 Å². The van der Waals surface area contributed by atoms with Crippen LogP contribution in [-0.4, -0.2) is 51.8 Å². The summed E-state index contributed by atoms with van der Waals surface area (Å²) in [5.41, 5.74) is 0.635. The summed E-state index contributed by atoms with van der Waals surface area (Å²) in [5.74, 6) is 0.111. The Morgan fingerprint density at radius 1 is 1.40 bits per heavy atom. The van der Waals surface area contributed by atoms with Crippen molar-refractivity contribution in [2.45, 2.75) is 24.9 Å². The molecule has 1 aromatic rings. The average Bonchev–Trinajstić information content (AvgIpc) is 3.00. The molecule has 0 saturated carbocycles. The lowest BCUT2D eigenvalue weighted by Gasteiger charge is -2.24. The van der Waals surface area contributed by atoms with E-state index in [1.165, 1.54) is 0 Å². The van der Waals surface area contributed by atoms with Gasteiger partial charge in [-0.05, 0) is 18.6 Å². The Bertz CT molecular complexity index is 543. The Labute approximate surface area is 117 Å². The van der Waals surface area contributed by atoms with E-state index in [9.17, 15) is 9.59 Å². The molecule has 2 fully saturated rings. The zero-order valence-electron chi connectivity index (χ0n) is 11.2. The highest BCUT2D eigenvalue weighted by Crippen LogP contribution is 2.33. The van der Waals surface area contributed by atoms with Crippen molar-refractivity contribution in [3.63, 3.8) is 0 Å². The second kappa shape index (κ2) is 5.07. The fraction of sp³-hybridized carbons (Fsp3) is 0.400. The first-order valence-corrected chi connectivity index (χ1v) is 6.83. The molecule has 5 heteroatoms. The molecule has 20 heavy (non-hydrogen) atoms. The van der Waals surface area contributed by atoms with Crippen LogP contribution in [-0.2, 0) is 4.79 Å². The number of rotatable bonds is 3. The molecule has 3 heterocycles. The number of amides is 2. The van der Waals surface area contributed by atoms with Gasteiger partial charge in [-0.1, -0.05) is 6.08 Å². The Balaban J connectivity index is 1.80. The molecule has 2 aliphatic heterocycles. The molecule has 0 aromatic carbocycles. The van der Waals surface area contributed by atoms with Crippen molar-refractivity contribution < 1.29 is 9.59 Å². The van der Waals surface area contributed by atoms with Gasteiger partial charge in [-0.15, -0.1) is 6.58 Å². The van der Waals surface area contributed by atoms with Crippen LogP contribution in [0.4, 0.5) is 0 Å². The SMILES string of the molecule is C=CCN1C(=O)C[C@@H]2[C@H]1CCN2C(=O)c1ccncc1. The number of aromatic nitrogens is 1. The van der Waals surface area contributed by atoms with E-state index >= 15 is 0 Å². The maximum atomic E-state index is 12.5. The number of hydrogen-bond donors (Lipinski definition) is 0. The molecule has 0 unspecified atom stereocenters. The predicted octanol–water partition coefficient (Wildman–Crippen LogP) is 1.08. The Kier molecular flexibility index (Phi) is 3.26. The Morgan fingerprint density at radius 2 is 2.15 bits per heavy atom. The van der Waals surface area contributed by atoms with E-state index < -0.39 is 0 Å². The van der Waals surface area contributed by atoms with Crippen LogP contribution in [0, 0.1) is 0 Å². The molecule has 0 bridgehead atoms. The molecule has 0 N–H and O–H groups in total. The van der Waals surface area contributed by atoms with Crippen LogP contribution in [0.2, 0.25) is 0 Å². The van der Waals surface area contributed by atoms with Gasteiger partial charge in [0.25, 0.3) is 5.91 Å². The highest BCUT2D eigenvalue weighted by Gasteiger charge is 2.47. The highest BCUT2D eigenvalue weighted by molar-refractivity contribution is 5.95. The van der Waals surface area contributed by atoms with Crippen molar-refractivity contribution >= 4 is 11.8 Å². The molecule has 0 spiro atoms. The molecule has 3 rings (SSSR count). The van der Waals surface area contributed by atoms with Crippen molar-refractivity contribution in [1.29, 1.82) is 0 Å². The third-order valence-electron chi connectivity index (χ3n) is 4.13. The first kappa shape index (κ1) is 12.8. The molecule has 104 valence electrons. The third kappa shape index (κ3) is 1.99. The summed E-state index contributed by atoms with van der Waals surface area (Å²) < 4.78 is 0. The number of fused-ring (bicyclic) bond motifs is 1. The molecule has 0 aliphatic carbocycles. The zero-order chi connectivity index (χ0) is 14.1.